The molecule has 0 fully saturated rings. The van der Waals surface area contributed by atoms with Crippen LogP contribution in [-0.2, 0) is 11.3 Å². The second kappa shape index (κ2) is 6.27. The zero-order valence-corrected chi connectivity index (χ0v) is 10.8. The molecule has 1 N–H and O–H groups in total. The molecule has 0 aliphatic carbocycles. The van der Waals surface area contributed by atoms with Gasteiger partial charge < -0.3 is 5.32 Å². The van der Waals surface area contributed by atoms with E-state index in [-0.39, 0.29) is 24.2 Å². The van der Waals surface area contributed by atoms with Crippen LogP contribution < -0.4 is 11.0 Å². The van der Waals surface area contributed by atoms with E-state index < -0.39 is 0 Å². The summed E-state index contributed by atoms with van der Waals surface area (Å²) in [6, 6.07) is 0.118. The maximum Gasteiger partial charge on any atom is 0.328 e. The first kappa shape index (κ1) is 13.5. The number of hydrogen-bond donors (Lipinski definition) is 1. The third-order valence-corrected chi connectivity index (χ3v) is 2.60. The van der Waals surface area contributed by atoms with Gasteiger partial charge in [0, 0.05) is 25.0 Å². The van der Waals surface area contributed by atoms with Gasteiger partial charge in [-0.1, -0.05) is 13.3 Å². The molecular formula is C12H21N3O2. The van der Waals surface area contributed by atoms with Gasteiger partial charge in [-0.25, -0.2) is 4.79 Å². The molecule has 0 unspecified atom stereocenters. The monoisotopic (exact) mass is 239 g/mol. The van der Waals surface area contributed by atoms with E-state index in [9.17, 15) is 9.59 Å². The Morgan fingerprint density at radius 1 is 1.41 bits per heavy atom. The Balaban J connectivity index is 2.57. The first-order chi connectivity index (χ1) is 8.06. The lowest BCUT2D eigenvalue weighted by Gasteiger charge is -2.06. The largest absolute Gasteiger partial charge is 0.355 e. The minimum atomic E-state index is -0.134. The highest BCUT2D eigenvalue weighted by molar-refractivity contribution is 5.75. The van der Waals surface area contributed by atoms with Crippen LogP contribution in [-0.4, -0.2) is 21.6 Å². The quantitative estimate of drug-likeness (QED) is 0.757. The van der Waals surface area contributed by atoms with Crippen LogP contribution in [0.5, 0.6) is 0 Å². The molecule has 0 spiro atoms. The van der Waals surface area contributed by atoms with Crippen LogP contribution in [0.25, 0.3) is 0 Å². The first-order valence-electron chi connectivity index (χ1n) is 6.10. The summed E-state index contributed by atoms with van der Waals surface area (Å²) < 4.78 is 3.04. The Labute approximate surface area is 101 Å². The lowest BCUT2D eigenvalue weighted by Crippen LogP contribution is -2.33. The second-order valence-electron chi connectivity index (χ2n) is 4.41. The topological polar surface area (TPSA) is 56.0 Å². The smallest absolute Gasteiger partial charge is 0.328 e. The van der Waals surface area contributed by atoms with Gasteiger partial charge in [-0.3, -0.25) is 13.9 Å². The number of carbonyl (C=O) groups is 1. The van der Waals surface area contributed by atoms with Crippen LogP contribution in [0, 0.1) is 0 Å². The lowest BCUT2D eigenvalue weighted by atomic mass is 10.3. The van der Waals surface area contributed by atoms with Gasteiger partial charge in [-0.2, -0.15) is 0 Å². The summed E-state index contributed by atoms with van der Waals surface area (Å²) in [5.74, 6) is -0.109. The molecular weight excluding hydrogens is 218 g/mol. The first-order valence-corrected chi connectivity index (χ1v) is 6.10. The van der Waals surface area contributed by atoms with Crippen molar-refractivity contribution < 1.29 is 4.79 Å². The molecule has 1 heterocycles. The number of nitrogens with one attached hydrogen (secondary N) is 1. The van der Waals surface area contributed by atoms with Crippen molar-refractivity contribution in [2.75, 3.05) is 6.54 Å². The van der Waals surface area contributed by atoms with E-state index >= 15 is 0 Å². The standard InChI is InChI=1S/C12H21N3O2/c1-4-5-6-13-11(16)9-14-7-8-15(10(2)3)12(14)17/h7-8,10H,4-6,9H2,1-3H3,(H,13,16). The van der Waals surface area contributed by atoms with E-state index in [1.165, 1.54) is 4.57 Å². The van der Waals surface area contributed by atoms with E-state index in [0.29, 0.717) is 6.54 Å². The van der Waals surface area contributed by atoms with Crippen LogP contribution in [0.2, 0.25) is 0 Å². The Morgan fingerprint density at radius 2 is 2.12 bits per heavy atom. The predicted octanol–water partition coefficient (Wildman–Crippen LogP) is 1.15. The second-order valence-corrected chi connectivity index (χ2v) is 4.41. The van der Waals surface area contributed by atoms with Crippen molar-refractivity contribution in [2.24, 2.45) is 0 Å². The zero-order chi connectivity index (χ0) is 12.8. The SMILES string of the molecule is CCCCNC(=O)Cn1ccn(C(C)C)c1=O. The van der Waals surface area contributed by atoms with E-state index in [0.717, 1.165) is 12.8 Å². The molecule has 5 nitrogen and oxygen atoms in total. The highest BCUT2D eigenvalue weighted by Gasteiger charge is 2.08. The molecule has 0 saturated carbocycles. The van der Waals surface area contributed by atoms with Gasteiger partial charge in [-0.15, -0.1) is 0 Å². The Bertz CT molecular complexity index is 418. The highest BCUT2D eigenvalue weighted by Crippen LogP contribution is 1.98. The van der Waals surface area contributed by atoms with Crippen LogP contribution >= 0.6 is 0 Å². The molecule has 0 radical (unpaired) electrons. The summed E-state index contributed by atoms with van der Waals surface area (Å²) >= 11 is 0. The van der Waals surface area contributed by atoms with Crippen molar-refractivity contribution in [3.8, 4) is 0 Å². The Kier molecular flexibility index (Phi) is 5.00. The Hall–Kier alpha value is -1.52. The Morgan fingerprint density at radius 3 is 2.65 bits per heavy atom. The van der Waals surface area contributed by atoms with Gasteiger partial charge in [0.05, 0.1) is 0 Å². The maximum absolute atomic E-state index is 11.8. The third kappa shape index (κ3) is 3.76. The number of aromatic nitrogens is 2. The molecule has 0 aliphatic heterocycles. The normalized spacial score (nSPS) is 10.8. The number of amides is 1. The van der Waals surface area contributed by atoms with Crippen LogP contribution in [0.1, 0.15) is 39.7 Å². The summed E-state index contributed by atoms with van der Waals surface area (Å²) in [6.07, 6.45) is 5.38. The minimum absolute atomic E-state index is 0.0995. The summed E-state index contributed by atoms with van der Waals surface area (Å²) in [4.78, 5) is 23.4. The van der Waals surface area contributed by atoms with E-state index in [4.69, 9.17) is 0 Å². The van der Waals surface area contributed by atoms with Gasteiger partial charge in [0.1, 0.15) is 6.54 Å². The predicted molar refractivity (Wildman–Crippen MR) is 67.0 cm³/mol. The van der Waals surface area contributed by atoms with Crippen LogP contribution in [0.4, 0.5) is 0 Å². The number of unbranched alkanes of at least 4 members (excludes halogenated alkanes) is 1. The fourth-order valence-electron chi connectivity index (χ4n) is 1.56. The average molecular weight is 239 g/mol. The van der Waals surface area contributed by atoms with Gasteiger partial charge in [0.2, 0.25) is 5.91 Å². The number of rotatable bonds is 6. The summed E-state index contributed by atoms with van der Waals surface area (Å²) in [7, 11) is 0. The summed E-state index contributed by atoms with van der Waals surface area (Å²) in [5.41, 5.74) is -0.134. The molecule has 1 aromatic heterocycles. The third-order valence-electron chi connectivity index (χ3n) is 2.60. The van der Waals surface area contributed by atoms with Crippen molar-refractivity contribution >= 4 is 5.91 Å². The number of hydrogen-bond acceptors (Lipinski definition) is 2. The molecule has 1 aromatic rings. The fourth-order valence-corrected chi connectivity index (χ4v) is 1.56. The molecule has 17 heavy (non-hydrogen) atoms. The van der Waals surface area contributed by atoms with Crippen molar-refractivity contribution in [1.29, 1.82) is 0 Å². The molecule has 1 amide bonds. The molecule has 0 bridgehead atoms. The summed E-state index contributed by atoms with van der Waals surface area (Å²) in [5, 5.41) is 2.79. The fraction of sp³-hybridized carbons (Fsp3) is 0.667. The van der Waals surface area contributed by atoms with Gasteiger partial charge in [0.15, 0.2) is 0 Å². The zero-order valence-electron chi connectivity index (χ0n) is 10.8. The number of imidazole rings is 1. The molecule has 0 saturated heterocycles. The van der Waals surface area contributed by atoms with Crippen molar-refractivity contribution in [3.05, 3.63) is 22.9 Å². The van der Waals surface area contributed by atoms with Crippen molar-refractivity contribution in [1.82, 2.24) is 14.5 Å². The number of nitrogens with zero attached hydrogens (tertiary/aromatic N) is 2. The molecule has 5 heteroatoms. The van der Waals surface area contributed by atoms with Crippen LogP contribution in [0.3, 0.4) is 0 Å². The van der Waals surface area contributed by atoms with E-state index in [2.05, 4.69) is 12.2 Å². The van der Waals surface area contributed by atoms with Gasteiger partial charge in [0.25, 0.3) is 0 Å². The average Bonchev–Trinajstić information content (AvgIpc) is 2.61. The van der Waals surface area contributed by atoms with Crippen molar-refractivity contribution in [3.63, 3.8) is 0 Å². The molecule has 0 atom stereocenters. The van der Waals surface area contributed by atoms with E-state index in [1.54, 1.807) is 17.0 Å². The lowest BCUT2D eigenvalue weighted by molar-refractivity contribution is -0.121. The maximum atomic E-state index is 11.8. The minimum Gasteiger partial charge on any atom is -0.355 e. The van der Waals surface area contributed by atoms with Crippen LogP contribution in [0.15, 0.2) is 17.2 Å². The van der Waals surface area contributed by atoms with Crippen molar-refractivity contribution in [2.45, 2.75) is 46.2 Å². The van der Waals surface area contributed by atoms with Gasteiger partial charge in [-0.05, 0) is 20.3 Å². The molecule has 1 rings (SSSR count). The molecule has 96 valence electrons. The molecule has 0 aliphatic rings. The van der Waals surface area contributed by atoms with Gasteiger partial charge >= 0.3 is 5.69 Å². The highest BCUT2D eigenvalue weighted by atomic mass is 16.2. The summed E-state index contributed by atoms with van der Waals surface area (Å²) in [6.45, 7) is 6.72. The van der Waals surface area contributed by atoms with E-state index in [1.807, 2.05) is 13.8 Å². The molecule has 0 aromatic carbocycles. The number of carbonyl (C=O) groups excluding carboxylic acids is 1.